The lowest BCUT2D eigenvalue weighted by molar-refractivity contribution is -0.387. The van der Waals surface area contributed by atoms with Crippen molar-refractivity contribution in [2.75, 3.05) is 32.8 Å². The summed E-state index contributed by atoms with van der Waals surface area (Å²) >= 11 is 6.03. The zero-order chi connectivity index (χ0) is 22.7. The lowest BCUT2D eigenvalue weighted by Gasteiger charge is -2.35. The highest BCUT2D eigenvalue weighted by atomic mass is 35.5. The number of sulfonamides is 1. The minimum atomic E-state index is -3.96. The van der Waals surface area contributed by atoms with Gasteiger partial charge in [-0.3, -0.25) is 15.0 Å². The predicted octanol–water partition coefficient (Wildman–Crippen LogP) is 3.08. The highest BCUT2D eigenvalue weighted by molar-refractivity contribution is 7.89. The zero-order valence-electron chi connectivity index (χ0n) is 17.3. The fourth-order valence-corrected chi connectivity index (χ4v) is 5.43. The second kappa shape index (κ2) is 9.62. The molecule has 11 heteroatoms. The Hall–Kier alpha value is -2.40. The number of rotatable bonds is 7. The highest BCUT2D eigenvalue weighted by Gasteiger charge is 2.29. The molecule has 0 saturated carbocycles. The maximum atomic E-state index is 12.6. The summed E-state index contributed by atoms with van der Waals surface area (Å²) < 4.78 is 39.5. The van der Waals surface area contributed by atoms with Gasteiger partial charge in [0.05, 0.1) is 4.92 Å². The molecule has 1 unspecified atom stereocenters. The molecule has 172 valence electrons. The maximum Gasteiger partial charge on any atom is 0.289 e. The van der Waals surface area contributed by atoms with Gasteiger partial charge in [-0.1, -0.05) is 23.7 Å². The number of halogens is 1. The third kappa shape index (κ3) is 5.32. The number of nitrogens with one attached hydrogen (secondary N) is 1. The Morgan fingerprint density at radius 1 is 1.16 bits per heavy atom. The van der Waals surface area contributed by atoms with Crippen LogP contribution in [0.5, 0.6) is 11.5 Å². The van der Waals surface area contributed by atoms with Gasteiger partial charge in [0, 0.05) is 30.2 Å². The lowest BCUT2D eigenvalue weighted by atomic mass is 9.97. The third-order valence-corrected chi connectivity index (χ3v) is 7.41. The Kier molecular flexibility index (Phi) is 6.85. The largest absolute Gasteiger partial charge is 0.486 e. The number of piperidine rings is 1. The molecule has 0 aliphatic carbocycles. The Morgan fingerprint density at radius 3 is 2.66 bits per heavy atom. The summed E-state index contributed by atoms with van der Waals surface area (Å²) in [6.07, 6.45) is 1.53. The second-order valence-corrected chi connectivity index (χ2v) is 10.1. The van der Waals surface area contributed by atoms with Crippen LogP contribution in [0, 0.1) is 16.0 Å². The minimum Gasteiger partial charge on any atom is -0.486 e. The molecule has 1 saturated heterocycles. The van der Waals surface area contributed by atoms with Crippen LogP contribution in [0.25, 0.3) is 0 Å². The molecule has 9 nitrogen and oxygen atoms in total. The van der Waals surface area contributed by atoms with E-state index in [0.29, 0.717) is 29.7 Å². The van der Waals surface area contributed by atoms with E-state index in [1.807, 2.05) is 0 Å². The van der Waals surface area contributed by atoms with Crippen LogP contribution in [0.3, 0.4) is 0 Å². The number of hydrogen-bond acceptors (Lipinski definition) is 7. The number of nitrogens with zero attached hydrogens (tertiary/aromatic N) is 2. The number of nitro benzene ring substituents is 1. The molecule has 2 aromatic carbocycles. The molecule has 0 radical (unpaired) electrons. The maximum absolute atomic E-state index is 12.6. The summed E-state index contributed by atoms with van der Waals surface area (Å²) in [6.45, 7) is 3.03. The Bertz CT molecular complexity index is 1090. The molecule has 32 heavy (non-hydrogen) atoms. The van der Waals surface area contributed by atoms with Crippen LogP contribution in [0.1, 0.15) is 12.8 Å². The molecule has 2 aromatic rings. The molecule has 0 aromatic heterocycles. The summed E-state index contributed by atoms with van der Waals surface area (Å²) in [6, 6.07) is 10.7. The van der Waals surface area contributed by atoms with Crippen LogP contribution in [0.2, 0.25) is 5.02 Å². The van der Waals surface area contributed by atoms with Crippen molar-refractivity contribution in [3.05, 3.63) is 57.6 Å². The van der Waals surface area contributed by atoms with Gasteiger partial charge in [0.2, 0.25) is 10.0 Å². The van der Waals surface area contributed by atoms with E-state index in [2.05, 4.69) is 9.62 Å². The normalized spacial score (nSPS) is 19.6. The monoisotopic (exact) mass is 481 g/mol. The number of para-hydroxylation sites is 1. The SMILES string of the molecule is O=[N+]([O-])c1ccccc1S(=O)(=O)NCC1CCN(CC2COc3ccc(Cl)cc3O2)CC1. The second-order valence-electron chi connectivity index (χ2n) is 7.96. The van der Waals surface area contributed by atoms with Crippen molar-refractivity contribution in [3.8, 4) is 11.5 Å². The molecule has 0 spiro atoms. The van der Waals surface area contributed by atoms with E-state index < -0.39 is 20.6 Å². The lowest BCUT2D eigenvalue weighted by Crippen LogP contribution is -2.45. The average molecular weight is 482 g/mol. The summed E-state index contributed by atoms with van der Waals surface area (Å²) in [4.78, 5) is 12.4. The van der Waals surface area contributed by atoms with Crippen molar-refractivity contribution in [2.24, 2.45) is 5.92 Å². The van der Waals surface area contributed by atoms with Gasteiger partial charge in [-0.15, -0.1) is 0 Å². The quantitative estimate of drug-likeness (QED) is 0.477. The van der Waals surface area contributed by atoms with Gasteiger partial charge in [-0.25, -0.2) is 13.1 Å². The Balaban J connectivity index is 1.26. The van der Waals surface area contributed by atoms with Gasteiger partial charge in [0.15, 0.2) is 16.4 Å². The molecule has 0 bridgehead atoms. The first-order chi connectivity index (χ1) is 15.3. The zero-order valence-corrected chi connectivity index (χ0v) is 18.8. The molecule has 2 heterocycles. The van der Waals surface area contributed by atoms with Gasteiger partial charge in [-0.2, -0.15) is 0 Å². The van der Waals surface area contributed by atoms with Crippen molar-refractivity contribution in [1.82, 2.24) is 9.62 Å². The van der Waals surface area contributed by atoms with Crippen molar-refractivity contribution >= 4 is 27.3 Å². The minimum absolute atomic E-state index is 0.102. The molecule has 4 rings (SSSR count). The third-order valence-electron chi connectivity index (χ3n) is 5.71. The van der Waals surface area contributed by atoms with Crippen LogP contribution in [0.4, 0.5) is 5.69 Å². The number of nitro groups is 1. The summed E-state index contributed by atoms with van der Waals surface area (Å²) in [5, 5.41) is 11.7. The molecule has 1 N–H and O–H groups in total. The average Bonchev–Trinajstić information content (AvgIpc) is 2.78. The van der Waals surface area contributed by atoms with Crippen molar-refractivity contribution in [1.29, 1.82) is 0 Å². The number of fused-ring (bicyclic) bond motifs is 1. The van der Waals surface area contributed by atoms with E-state index in [4.69, 9.17) is 21.1 Å². The molecular formula is C21H24ClN3O6S. The van der Waals surface area contributed by atoms with E-state index in [0.717, 1.165) is 25.9 Å². The van der Waals surface area contributed by atoms with Gasteiger partial charge in [-0.05, 0) is 50.0 Å². The van der Waals surface area contributed by atoms with Crippen LogP contribution >= 0.6 is 11.6 Å². The standard InChI is InChI=1S/C21H24ClN3O6S/c22-16-5-6-19-20(11-16)31-17(14-30-19)13-24-9-7-15(8-10-24)12-23-32(28,29)21-4-2-1-3-18(21)25(26)27/h1-6,11,15,17,23H,7-10,12-14H2. The van der Waals surface area contributed by atoms with Crippen molar-refractivity contribution in [3.63, 3.8) is 0 Å². The first-order valence-electron chi connectivity index (χ1n) is 10.4. The Morgan fingerprint density at radius 2 is 1.91 bits per heavy atom. The predicted molar refractivity (Wildman–Crippen MR) is 119 cm³/mol. The summed E-state index contributed by atoms with van der Waals surface area (Å²) in [7, 11) is -3.96. The smallest absolute Gasteiger partial charge is 0.289 e. The van der Waals surface area contributed by atoms with Gasteiger partial charge in [0.1, 0.15) is 12.7 Å². The van der Waals surface area contributed by atoms with E-state index >= 15 is 0 Å². The fraction of sp³-hybridized carbons (Fsp3) is 0.429. The van der Waals surface area contributed by atoms with Crippen molar-refractivity contribution < 1.29 is 22.8 Å². The molecular weight excluding hydrogens is 458 g/mol. The highest BCUT2D eigenvalue weighted by Crippen LogP contribution is 2.34. The van der Waals surface area contributed by atoms with Crippen LogP contribution in [0.15, 0.2) is 47.4 Å². The van der Waals surface area contributed by atoms with Crippen molar-refractivity contribution in [2.45, 2.75) is 23.8 Å². The summed E-state index contributed by atoms with van der Waals surface area (Å²) in [5.41, 5.74) is -0.424. The number of likely N-dealkylation sites (tertiary alicyclic amines) is 1. The molecule has 1 fully saturated rings. The topological polar surface area (TPSA) is 111 Å². The number of hydrogen-bond donors (Lipinski definition) is 1. The van der Waals surface area contributed by atoms with E-state index in [-0.39, 0.29) is 23.5 Å². The van der Waals surface area contributed by atoms with Crippen LogP contribution in [-0.2, 0) is 10.0 Å². The van der Waals surface area contributed by atoms with E-state index in [1.54, 1.807) is 18.2 Å². The van der Waals surface area contributed by atoms with Crippen LogP contribution < -0.4 is 14.2 Å². The van der Waals surface area contributed by atoms with E-state index in [1.165, 1.54) is 24.3 Å². The van der Waals surface area contributed by atoms with E-state index in [9.17, 15) is 18.5 Å². The van der Waals surface area contributed by atoms with Gasteiger partial charge >= 0.3 is 0 Å². The number of benzene rings is 2. The Labute approximate surface area is 191 Å². The fourth-order valence-electron chi connectivity index (χ4n) is 3.98. The first-order valence-corrected chi connectivity index (χ1v) is 12.2. The van der Waals surface area contributed by atoms with Gasteiger partial charge in [0.25, 0.3) is 5.69 Å². The summed E-state index contributed by atoms with van der Waals surface area (Å²) in [5.74, 6) is 1.50. The van der Waals surface area contributed by atoms with Crippen LogP contribution in [-0.4, -0.2) is 57.1 Å². The molecule has 2 aliphatic heterocycles. The first kappa shape index (κ1) is 22.8. The van der Waals surface area contributed by atoms with Gasteiger partial charge < -0.3 is 9.47 Å². The molecule has 2 aliphatic rings. The molecule has 1 atom stereocenters. The molecule has 0 amide bonds. The number of ether oxygens (including phenoxy) is 2.